The maximum atomic E-state index is 11.7. The van der Waals surface area contributed by atoms with Gasteiger partial charge >= 0.3 is 5.69 Å². The number of ether oxygens (including phenoxy) is 1. The highest BCUT2D eigenvalue weighted by Crippen LogP contribution is 2.37. The second-order valence-electron chi connectivity index (χ2n) is 4.60. The third kappa shape index (κ3) is 5.32. The number of amides is 1. The van der Waals surface area contributed by atoms with Crippen LogP contribution in [0.2, 0.25) is 15.1 Å². The topological polar surface area (TPSA) is 93.8 Å². The zero-order valence-corrected chi connectivity index (χ0v) is 14.7. The molecule has 7 nitrogen and oxygen atoms in total. The van der Waals surface area contributed by atoms with Crippen LogP contribution in [-0.4, -0.2) is 23.7 Å². The van der Waals surface area contributed by atoms with E-state index in [0.29, 0.717) is 10.6 Å². The zero-order valence-electron chi connectivity index (χ0n) is 12.4. The van der Waals surface area contributed by atoms with E-state index in [1.54, 1.807) is 24.3 Å². The molecule has 10 heteroatoms. The van der Waals surface area contributed by atoms with Crippen LogP contribution >= 0.6 is 34.8 Å². The summed E-state index contributed by atoms with van der Waals surface area (Å²) in [5, 5.41) is 15.2. The maximum Gasteiger partial charge on any atom is 0.314 e. The molecule has 0 bridgehead atoms. The molecule has 0 saturated heterocycles. The predicted molar refractivity (Wildman–Crippen MR) is 95.8 cm³/mol. The van der Waals surface area contributed by atoms with Crippen LogP contribution in [0, 0.1) is 10.1 Å². The number of hydrazone groups is 1. The Bertz CT molecular complexity index is 843. The fourth-order valence-corrected chi connectivity index (χ4v) is 2.47. The number of rotatable bonds is 6. The Balaban J connectivity index is 1.99. The van der Waals surface area contributed by atoms with E-state index >= 15 is 0 Å². The van der Waals surface area contributed by atoms with E-state index in [9.17, 15) is 14.9 Å². The highest BCUT2D eigenvalue weighted by molar-refractivity contribution is 6.36. The van der Waals surface area contributed by atoms with E-state index in [2.05, 4.69) is 10.5 Å². The average molecular weight is 403 g/mol. The summed E-state index contributed by atoms with van der Waals surface area (Å²) in [7, 11) is 0. The number of nitrogens with one attached hydrogen (secondary N) is 1. The first-order valence-electron chi connectivity index (χ1n) is 6.71. The molecule has 1 N–H and O–H groups in total. The summed E-state index contributed by atoms with van der Waals surface area (Å²) in [5.41, 5.74) is 2.39. The van der Waals surface area contributed by atoms with Crippen LogP contribution in [0.4, 0.5) is 5.69 Å². The van der Waals surface area contributed by atoms with Crippen LogP contribution in [0.1, 0.15) is 5.56 Å². The molecule has 0 aromatic heterocycles. The van der Waals surface area contributed by atoms with E-state index < -0.39 is 23.1 Å². The maximum absolute atomic E-state index is 11.7. The van der Waals surface area contributed by atoms with Gasteiger partial charge in [-0.2, -0.15) is 5.10 Å². The molecule has 2 aromatic rings. The molecular formula is C15H10Cl3N3O4. The summed E-state index contributed by atoms with van der Waals surface area (Å²) in [6, 6.07) is 9.27. The average Bonchev–Trinajstić information content (AvgIpc) is 2.55. The van der Waals surface area contributed by atoms with E-state index in [1.165, 1.54) is 12.3 Å². The number of hydrogen-bond acceptors (Lipinski definition) is 5. The zero-order chi connectivity index (χ0) is 18.4. The molecule has 2 rings (SSSR count). The van der Waals surface area contributed by atoms with Gasteiger partial charge in [-0.25, -0.2) is 5.43 Å². The second-order valence-corrected chi connectivity index (χ2v) is 5.85. The number of nitro groups is 1. The lowest BCUT2D eigenvalue weighted by Gasteiger charge is -2.08. The third-order valence-electron chi connectivity index (χ3n) is 2.83. The number of nitrogens with zero attached hydrogens (tertiary/aromatic N) is 2. The highest BCUT2D eigenvalue weighted by Gasteiger charge is 2.21. The van der Waals surface area contributed by atoms with E-state index in [0.717, 1.165) is 6.07 Å². The van der Waals surface area contributed by atoms with Crippen molar-refractivity contribution in [2.24, 2.45) is 5.10 Å². The minimum Gasteiger partial charge on any atom is -0.476 e. The second kappa shape index (κ2) is 8.66. The largest absolute Gasteiger partial charge is 0.476 e. The highest BCUT2D eigenvalue weighted by atomic mass is 35.5. The summed E-state index contributed by atoms with van der Waals surface area (Å²) >= 11 is 17.5. The molecule has 0 radical (unpaired) electrons. The molecule has 0 spiro atoms. The van der Waals surface area contributed by atoms with Crippen molar-refractivity contribution >= 4 is 52.6 Å². The van der Waals surface area contributed by atoms with Crippen LogP contribution in [0.3, 0.4) is 0 Å². The Morgan fingerprint density at radius 2 is 1.96 bits per heavy atom. The van der Waals surface area contributed by atoms with Crippen molar-refractivity contribution in [1.29, 1.82) is 0 Å². The molecule has 0 aliphatic carbocycles. The van der Waals surface area contributed by atoms with Crippen LogP contribution in [0.5, 0.6) is 5.75 Å². The lowest BCUT2D eigenvalue weighted by Crippen LogP contribution is -2.24. The van der Waals surface area contributed by atoms with E-state index in [1.807, 2.05) is 0 Å². The summed E-state index contributed by atoms with van der Waals surface area (Å²) in [6.45, 7) is -0.526. The number of nitro benzene ring substituents is 1. The SMILES string of the molecule is O=C(COc1c(Cl)cc(Cl)cc1[N+](=O)[O-])N/N=C/c1ccccc1Cl. The van der Waals surface area contributed by atoms with Gasteiger partial charge in [0.15, 0.2) is 6.61 Å². The van der Waals surface area contributed by atoms with Gasteiger partial charge in [-0.1, -0.05) is 53.0 Å². The molecule has 0 fully saturated rings. The van der Waals surface area contributed by atoms with Gasteiger partial charge in [0.1, 0.15) is 0 Å². The summed E-state index contributed by atoms with van der Waals surface area (Å²) < 4.78 is 5.13. The molecule has 2 aromatic carbocycles. The van der Waals surface area contributed by atoms with Crippen molar-refractivity contribution in [3.05, 3.63) is 67.1 Å². The lowest BCUT2D eigenvalue weighted by atomic mass is 10.2. The predicted octanol–water partition coefficient (Wildman–Crippen LogP) is 4.08. The number of carbonyl (C=O) groups is 1. The lowest BCUT2D eigenvalue weighted by molar-refractivity contribution is -0.385. The Morgan fingerprint density at radius 1 is 1.24 bits per heavy atom. The van der Waals surface area contributed by atoms with Crippen LogP contribution in [-0.2, 0) is 4.79 Å². The van der Waals surface area contributed by atoms with Crippen molar-refractivity contribution in [3.8, 4) is 5.75 Å². The summed E-state index contributed by atoms with van der Waals surface area (Å²) in [5.74, 6) is -0.884. The Hall–Kier alpha value is -2.35. The van der Waals surface area contributed by atoms with Gasteiger partial charge < -0.3 is 4.74 Å². The van der Waals surface area contributed by atoms with Gasteiger partial charge in [-0.05, 0) is 12.1 Å². The first kappa shape index (κ1) is 19.0. The van der Waals surface area contributed by atoms with Crippen LogP contribution < -0.4 is 10.2 Å². The molecule has 0 atom stereocenters. The quantitative estimate of drug-likeness (QED) is 0.447. The van der Waals surface area contributed by atoms with Gasteiger partial charge in [-0.15, -0.1) is 0 Å². The molecule has 0 aliphatic heterocycles. The molecule has 25 heavy (non-hydrogen) atoms. The van der Waals surface area contributed by atoms with Gasteiger partial charge in [0.05, 0.1) is 16.2 Å². The molecule has 0 heterocycles. The van der Waals surface area contributed by atoms with Crippen molar-refractivity contribution in [2.75, 3.05) is 6.61 Å². The fraction of sp³-hybridized carbons (Fsp3) is 0.0667. The van der Waals surface area contributed by atoms with Crippen molar-refractivity contribution in [3.63, 3.8) is 0 Å². The molecule has 0 aliphatic rings. The van der Waals surface area contributed by atoms with Gasteiger partial charge in [0.2, 0.25) is 5.75 Å². The Morgan fingerprint density at radius 3 is 2.64 bits per heavy atom. The minimum absolute atomic E-state index is 0.0773. The Kier molecular flexibility index (Phi) is 6.58. The van der Waals surface area contributed by atoms with Crippen LogP contribution in [0.25, 0.3) is 0 Å². The van der Waals surface area contributed by atoms with E-state index in [4.69, 9.17) is 39.5 Å². The normalized spacial score (nSPS) is 10.7. The number of carbonyl (C=O) groups excluding carboxylic acids is 1. The van der Waals surface area contributed by atoms with Crippen LogP contribution in [0.15, 0.2) is 41.5 Å². The van der Waals surface area contributed by atoms with E-state index in [-0.39, 0.29) is 15.8 Å². The molecule has 130 valence electrons. The van der Waals surface area contributed by atoms with Gasteiger partial charge in [0.25, 0.3) is 5.91 Å². The summed E-state index contributed by atoms with van der Waals surface area (Å²) in [6.07, 6.45) is 1.36. The molecule has 0 unspecified atom stereocenters. The first-order valence-corrected chi connectivity index (χ1v) is 7.84. The third-order valence-corrected chi connectivity index (χ3v) is 3.67. The molecule has 0 saturated carbocycles. The fourth-order valence-electron chi connectivity index (χ4n) is 1.75. The van der Waals surface area contributed by atoms with Gasteiger partial charge in [-0.3, -0.25) is 14.9 Å². The van der Waals surface area contributed by atoms with Crippen molar-refractivity contribution in [1.82, 2.24) is 5.43 Å². The number of halogens is 3. The summed E-state index contributed by atoms with van der Waals surface area (Å²) in [4.78, 5) is 22.0. The Labute approximate surface area is 157 Å². The number of benzene rings is 2. The molecular weight excluding hydrogens is 393 g/mol. The number of hydrogen-bond donors (Lipinski definition) is 1. The van der Waals surface area contributed by atoms with Crippen molar-refractivity contribution < 1.29 is 14.5 Å². The first-order chi connectivity index (χ1) is 11.9. The monoisotopic (exact) mass is 401 g/mol. The smallest absolute Gasteiger partial charge is 0.314 e. The van der Waals surface area contributed by atoms with Gasteiger partial charge in [0, 0.05) is 21.7 Å². The van der Waals surface area contributed by atoms with Crippen molar-refractivity contribution in [2.45, 2.75) is 0 Å². The molecule has 1 amide bonds. The minimum atomic E-state index is -0.708. The standard InChI is InChI=1S/C15H10Cl3N3O4/c16-10-5-12(18)15(13(6-10)21(23)24)25-8-14(22)20-19-7-9-3-1-2-4-11(9)17/h1-7H,8H2,(H,20,22)/b19-7+.